The number of ether oxygens (including phenoxy) is 2. The van der Waals surface area contributed by atoms with Gasteiger partial charge in [-0.3, -0.25) is 14.4 Å². The highest BCUT2D eigenvalue weighted by atomic mass is 16.5. The molecule has 2 rings (SSSR count). The lowest BCUT2D eigenvalue weighted by atomic mass is 10.1. The molecule has 0 bridgehead atoms. The van der Waals surface area contributed by atoms with E-state index in [1.807, 2.05) is 0 Å². The van der Waals surface area contributed by atoms with Crippen LogP contribution in [0.4, 0.5) is 0 Å². The molecule has 2 aromatic rings. The quantitative estimate of drug-likeness (QED) is 0.298. The van der Waals surface area contributed by atoms with E-state index in [2.05, 4.69) is 21.2 Å². The lowest BCUT2D eigenvalue weighted by molar-refractivity contribution is -0.121. The minimum absolute atomic E-state index is 0.101. The Morgan fingerprint density at radius 2 is 1.50 bits per heavy atom. The van der Waals surface area contributed by atoms with Crippen molar-refractivity contribution in [2.45, 2.75) is 6.42 Å². The first-order valence-electron chi connectivity index (χ1n) is 9.79. The third kappa shape index (κ3) is 7.73. The Labute approximate surface area is 185 Å². The molecular weight excluding hydrogens is 416 g/mol. The second-order valence-electron chi connectivity index (χ2n) is 6.50. The number of carbonyl (C=O) groups excluding carboxylic acids is 3. The van der Waals surface area contributed by atoms with Crippen LogP contribution >= 0.6 is 0 Å². The topological polar surface area (TPSA) is 138 Å². The SMILES string of the molecule is COc1cc(C=NNC(=O)c2ccc(C(=O)NCCC(=O)NCCO)cc2)cc(OC)c1. The van der Waals surface area contributed by atoms with Crippen LogP contribution in [0, 0.1) is 0 Å². The Hall–Kier alpha value is -3.92. The van der Waals surface area contributed by atoms with Crippen LogP contribution in [0.15, 0.2) is 47.6 Å². The molecule has 10 heteroatoms. The molecule has 2 aromatic carbocycles. The fraction of sp³-hybridized carbons (Fsp3) is 0.273. The van der Waals surface area contributed by atoms with Gasteiger partial charge in [0, 0.05) is 42.3 Å². The van der Waals surface area contributed by atoms with Crippen LogP contribution in [0.3, 0.4) is 0 Å². The molecule has 0 radical (unpaired) electrons. The van der Waals surface area contributed by atoms with Crippen LogP contribution in [0.25, 0.3) is 0 Å². The molecule has 0 aliphatic carbocycles. The number of benzene rings is 2. The van der Waals surface area contributed by atoms with E-state index in [0.717, 1.165) is 0 Å². The van der Waals surface area contributed by atoms with Crippen LogP contribution < -0.4 is 25.5 Å². The van der Waals surface area contributed by atoms with Gasteiger partial charge in [-0.05, 0) is 36.4 Å². The van der Waals surface area contributed by atoms with Crippen LogP contribution in [0.5, 0.6) is 11.5 Å². The van der Waals surface area contributed by atoms with Crippen molar-refractivity contribution in [2.24, 2.45) is 5.10 Å². The predicted molar refractivity (Wildman–Crippen MR) is 118 cm³/mol. The highest BCUT2D eigenvalue weighted by molar-refractivity contribution is 5.98. The largest absolute Gasteiger partial charge is 0.497 e. The number of rotatable bonds is 11. The molecule has 32 heavy (non-hydrogen) atoms. The van der Waals surface area contributed by atoms with E-state index in [1.165, 1.54) is 44.7 Å². The van der Waals surface area contributed by atoms with Crippen molar-refractivity contribution >= 4 is 23.9 Å². The maximum atomic E-state index is 12.3. The molecule has 0 fully saturated rings. The average molecular weight is 442 g/mol. The molecule has 0 saturated heterocycles. The Morgan fingerprint density at radius 1 is 0.906 bits per heavy atom. The summed E-state index contributed by atoms with van der Waals surface area (Å²) in [4.78, 5) is 35.8. The van der Waals surface area contributed by atoms with Crippen molar-refractivity contribution in [1.82, 2.24) is 16.1 Å². The van der Waals surface area contributed by atoms with E-state index in [9.17, 15) is 14.4 Å². The van der Waals surface area contributed by atoms with Crippen molar-refractivity contribution in [3.05, 3.63) is 59.2 Å². The molecule has 3 amide bonds. The lowest BCUT2D eigenvalue weighted by Crippen LogP contribution is -2.32. The fourth-order valence-electron chi connectivity index (χ4n) is 2.58. The van der Waals surface area contributed by atoms with E-state index >= 15 is 0 Å². The number of aliphatic hydroxyl groups is 1. The number of methoxy groups -OCH3 is 2. The van der Waals surface area contributed by atoms with Gasteiger partial charge in [0.25, 0.3) is 11.8 Å². The first-order chi connectivity index (χ1) is 15.5. The molecule has 0 heterocycles. The molecule has 0 unspecified atom stereocenters. The van der Waals surface area contributed by atoms with E-state index in [1.54, 1.807) is 18.2 Å². The minimum atomic E-state index is -0.441. The normalized spacial score (nSPS) is 10.5. The van der Waals surface area contributed by atoms with E-state index in [0.29, 0.717) is 28.2 Å². The summed E-state index contributed by atoms with van der Waals surface area (Å²) >= 11 is 0. The van der Waals surface area contributed by atoms with E-state index < -0.39 is 5.91 Å². The molecule has 10 nitrogen and oxygen atoms in total. The van der Waals surface area contributed by atoms with Gasteiger partial charge in [-0.15, -0.1) is 0 Å². The number of aliphatic hydroxyl groups excluding tert-OH is 1. The maximum absolute atomic E-state index is 12.3. The van der Waals surface area contributed by atoms with Gasteiger partial charge in [-0.1, -0.05) is 0 Å². The number of nitrogens with zero attached hydrogens (tertiary/aromatic N) is 1. The van der Waals surface area contributed by atoms with Gasteiger partial charge in [0.05, 0.1) is 27.0 Å². The monoisotopic (exact) mass is 442 g/mol. The summed E-state index contributed by atoms with van der Waals surface area (Å²) in [6.45, 7) is 0.190. The van der Waals surface area contributed by atoms with Gasteiger partial charge in [-0.25, -0.2) is 5.43 Å². The van der Waals surface area contributed by atoms with Crippen molar-refractivity contribution in [3.63, 3.8) is 0 Å². The highest BCUT2D eigenvalue weighted by Gasteiger charge is 2.09. The van der Waals surface area contributed by atoms with Crippen LogP contribution in [-0.2, 0) is 4.79 Å². The van der Waals surface area contributed by atoms with Gasteiger partial charge in [0.15, 0.2) is 0 Å². The van der Waals surface area contributed by atoms with E-state index in [-0.39, 0.29) is 37.9 Å². The molecule has 0 aliphatic heterocycles. The number of amides is 3. The van der Waals surface area contributed by atoms with Gasteiger partial charge < -0.3 is 25.2 Å². The van der Waals surface area contributed by atoms with Gasteiger partial charge in [0.1, 0.15) is 11.5 Å². The molecule has 4 N–H and O–H groups in total. The zero-order valence-electron chi connectivity index (χ0n) is 17.9. The predicted octanol–water partition coefficient (Wildman–Crippen LogP) is 0.696. The van der Waals surface area contributed by atoms with Gasteiger partial charge in [0.2, 0.25) is 5.91 Å². The lowest BCUT2D eigenvalue weighted by Gasteiger charge is -2.07. The number of hydrazone groups is 1. The van der Waals surface area contributed by atoms with Gasteiger partial charge >= 0.3 is 0 Å². The molecule has 0 aliphatic rings. The second kappa shape index (κ2) is 12.7. The van der Waals surface area contributed by atoms with Crippen LogP contribution in [-0.4, -0.2) is 63.0 Å². The zero-order valence-corrected chi connectivity index (χ0v) is 17.9. The number of carbonyl (C=O) groups is 3. The van der Waals surface area contributed by atoms with Gasteiger partial charge in [-0.2, -0.15) is 5.10 Å². The number of hydrogen-bond acceptors (Lipinski definition) is 7. The molecule has 0 saturated carbocycles. The van der Waals surface area contributed by atoms with Crippen molar-refractivity contribution in [3.8, 4) is 11.5 Å². The van der Waals surface area contributed by atoms with Crippen LogP contribution in [0.1, 0.15) is 32.7 Å². The summed E-state index contributed by atoms with van der Waals surface area (Å²) in [5.74, 6) is 0.119. The summed E-state index contributed by atoms with van der Waals surface area (Å²) in [7, 11) is 3.08. The smallest absolute Gasteiger partial charge is 0.271 e. The Kier molecular flexibility index (Phi) is 9.67. The molecule has 0 atom stereocenters. The zero-order chi connectivity index (χ0) is 23.3. The summed E-state index contributed by atoms with van der Waals surface area (Å²) in [6.07, 6.45) is 1.56. The summed E-state index contributed by atoms with van der Waals surface area (Å²) in [6, 6.07) is 11.2. The Balaban J connectivity index is 1.87. The van der Waals surface area contributed by atoms with Crippen molar-refractivity contribution < 1.29 is 29.0 Å². The van der Waals surface area contributed by atoms with Crippen LogP contribution in [0.2, 0.25) is 0 Å². The first kappa shape index (κ1) is 24.4. The molecular formula is C22H26N4O6. The minimum Gasteiger partial charge on any atom is -0.497 e. The summed E-state index contributed by atoms with van der Waals surface area (Å²) in [5.41, 5.74) is 3.78. The standard InChI is InChI=1S/C22H26N4O6/c1-31-18-11-15(12-19(13-18)32-2)14-25-26-22(30)17-5-3-16(4-6-17)21(29)24-8-7-20(28)23-9-10-27/h3-6,11-14,27H,7-10H2,1-2H3,(H,23,28)(H,24,29)(H,26,30). The number of hydrogen-bond donors (Lipinski definition) is 4. The molecule has 170 valence electrons. The summed E-state index contributed by atoms with van der Waals surface area (Å²) in [5, 5.41) is 17.7. The third-order valence-corrected chi connectivity index (χ3v) is 4.23. The fourth-order valence-corrected chi connectivity index (χ4v) is 2.58. The Bertz CT molecular complexity index is 937. The average Bonchev–Trinajstić information content (AvgIpc) is 2.82. The molecule has 0 spiro atoms. The van der Waals surface area contributed by atoms with Crippen molar-refractivity contribution in [1.29, 1.82) is 0 Å². The third-order valence-electron chi connectivity index (χ3n) is 4.23. The Morgan fingerprint density at radius 3 is 2.06 bits per heavy atom. The second-order valence-corrected chi connectivity index (χ2v) is 6.50. The molecule has 0 aromatic heterocycles. The van der Waals surface area contributed by atoms with E-state index in [4.69, 9.17) is 14.6 Å². The maximum Gasteiger partial charge on any atom is 0.271 e. The first-order valence-corrected chi connectivity index (χ1v) is 9.79. The summed E-state index contributed by atoms with van der Waals surface area (Å²) < 4.78 is 10.4. The van der Waals surface area contributed by atoms with Crippen molar-refractivity contribution in [2.75, 3.05) is 33.9 Å². The highest BCUT2D eigenvalue weighted by Crippen LogP contribution is 2.21. The number of nitrogens with one attached hydrogen (secondary N) is 3.